The van der Waals surface area contributed by atoms with Crippen molar-refractivity contribution in [2.45, 2.75) is 24.3 Å². The second kappa shape index (κ2) is 8.65. The van der Waals surface area contributed by atoms with Gasteiger partial charge in [-0.3, -0.25) is 19.7 Å². The molecule has 0 bridgehead atoms. The van der Waals surface area contributed by atoms with Crippen molar-refractivity contribution in [1.29, 1.82) is 0 Å². The lowest BCUT2D eigenvalue weighted by molar-refractivity contribution is -0.384. The number of anilines is 1. The minimum Gasteiger partial charge on any atom is -0.339 e. The van der Waals surface area contributed by atoms with E-state index in [-0.39, 0.29) is 30.0 Å². The van der Waals surface area contributed by atoms with Crippen LogP contribution in [-0.2, 0) is 9.59 Å². The monoisotopic (exact) mass is 413 g/mol. The number of benzene rings is 2. The Balaban J connectivity index is 1.73. The van der Waals surface area contributed by atoms with E-state index in [0.717, 1.165) is 10.6 Å². The Morgan fingerprint density at radius 2 is 2.00 bits per heavy atom. The van der Waals surface area contributed by atoms with E-state index in [2.05, 4.69) is 0 Å². The van der Waals surface area contributed by atoms with Gasteiger partial charge in [-0.05, 0) is 36.9 Å². The predicted octanol–water partition coefficient (Wildman–Crippen LogP) is 3.89. The highest BCUT2D eigenvalue weighted by atomic mass is 32.2. The summed E-state index contributed by atoms with van der Waals surface area (Å²) < 4.78 is 0. The van der Waals surface area contributed by atoms with Crippen LogP contribution in [0.2, 0.25) is 0 Å². The van der Waals surface area contributed by atoms with Crippen molar-refractivity contribution >= 4 is 35.0 Å². The maximum atomic E-state index is 13.0. The molecule has 1 aliphatic heterocycles. The highest BCUT2D eigenvalue weighted by molar-refractivity contribution is 7.98. The van der Waals surface area contributed by atoms with E-state index in [0.29, 0.717) is 12.1 Å². The van der Waals surface area contributed by atoms with Gasteiger partial charge in [0.1, 0.15) is 0 Å². The number of thioether (sulfide) groups is 1. The predicted molar refractivity (Wildman–Crippen MR) is 113 cm³/mol. The Kier molecular flexibility index (Phi) is 6.22. The molecule has 2 amide bonds. The maximum absolute atomic E-state index is 13.0. The molecule has 1 aliphatic rings. The summed E-state index contributed by atoms with van der Waals surface area (Å²) in [6.07, 6.45) is 2.13. The topological polar surface area (TPSA) is 83.8 Å². The molecule has 0 N–H and O–H groups in total. The molecule has 3 rings (SSSR count). The van der Waals surface area contributed by atoms with E-state index in [4.69, 9.17) is 0 Å². The molecule has 1 heterocycles. The summed E-state index contributed by atoms with van der Waals surface area (Å²) in [7, 11) is 1.67. The Hall–Kier alpha value is -2.87. The van der Waals surface area contributed by atoms with Crippen LogP contribution in [0.5, 0.6) is 0 Å². The van der Waals surface area contributed by atoms with Crippen molar-refractivity contribution in [2.75, 3.05) is 24.7 Å². The number of carbonyl (C=O) groups excluding carboxylic acids is 2. The number of hydrogen-bond donors (Lipinski definition) is 0. The SMILES string of the molecule is CSc1cccc(N2C[C@H](C(=O)N(C)[C@@H](C)c3cccc([N+](=O)[O-])c3)CC2=O)c1. The summed E-state index contributed by atoms with van der Waals surface area (Å²) in [4.78, 5) is 40.4. The van der Waals surface area contributed by atoms with Crippen LogP contribution in [-0.4, -0.2) is 41.5 Å². The van der Waals surface area contributed by atoms with Gasteiger partial charge in [-0.2, -0.15) is 0 Å². The van der Waals surface area contributed by atoms with Crippen LogP contribution in [0.3, 0.4) is 0 Å². The zero-order valence-corrected chi connectivity index (χ0v) is 17.4. The summed E-state index contributed by atoms with van der Waals surface area (Å²) in [5.41, 5.74) is 1.47. The fourth-order valence-electron chi connectivity index (χ4n) is 3.50. The van der Waals surface area contributed by atoms with Gasteiger partial charge in [0.2, 0.25) is 11.8 Å². The molecule has 0 aromatic heterocycles. The molecule has 0 radical (unpaired) electrons. The molecule has 0 unspecified atom stereocenters. The fraction of sp³-hybridized carbons (Fsp3) is 0.333. The van der Waals surface area contributed by atoms with Gasteiger partial charge in [-0.15, -0.1) is 11.8 Å². The highest BCUT2D eigenvalue weighted by Crippen LogP contribution is 2.31. The number of hydrogen-bond acceptors (Lipinski definition) is 5. The molecule has 2 aromatic carbocycles. The first-order valence-electron chi connectivity index (χ1n) is 9.27. The largest absolute Gasteiger partial charge is 0.339 e. The number of nitro benzene ring substituents is 1. The molecule has 0 spiro atoms. The first kappa shape index (κ1) is 20.9. The van der Waals surface area contributed by atoms with Crippen molar-refractivity contribution < 1.29 is 14.5 Å². The van der Waals surface area contributed by atoms with Crippen LogP contribution in [0.25, 0.3) is 0 Å². The molecule has 8 heteroatoms. The normalized spacial score (nSPS) is 17.3. The van der Waals surface area contributed by atoms with E-state index in [1.54, 1.807) is 40.7 Å². The van der Waals surface area contributed by atoms with Crippen LogP contribution in [0.1, 0.15) is 24.9 Å². The molecule has 7 nitrogen and oxygen atoms in total. The number of nitro groups is 1. The number of carbonyl (C=O) groups is 2. The average molecular weight is 413 g/mol. The van der Waals surface area contributed by atoms with Crippen LogP contribution in [0, 0.1) is 16.0 Å². The van der Waals surface area contributed by atoms with Gasteiger partial charge in [-0.25, -0.2) is 0 Å². The van der Waals surface area contributed by atoms with Gasteiger partial charge in [0.25, 0.3) is 5.69 Å². The molecule has 152 valence electrons. The molecule has 1 fully saturated rings. The lowest BCUT2D eigenvalue weighted by atomic mass is 10.0. The van der Waals surface area contributed by atoms with Gasteiger partial charge < -0.3 is 9.80 Å². The summed E-state index contributed by atoms with van der Waals surface area (Å²) in [6.45, 7) is 2.16. The Labute approximate surface area is 173 Å². The van der Waals surface area contributed by atoms with Gasteiger partial charge in [-0.1, -0.05) is 18.2 Å². The fourth-order valence-corrected chi connectivity index (χ4v) is 3.95. The Bertz CT molecular complexity index is 949. The molecular weight excluding hydrogens is 390 g/mol. The number of nitrogens with zero attached hydrogens (tertiary/aromatic N) is 3. The third-order valence-electron chi connectivity index (χ3n) is 5.33. The Morgan fingerprint density at radius 3 is 2.69 bits per heavy atom. The second-order valence-electron chi connectivity index (χ2n) is 7.08. The quantitative estimate of drug-likeness (QED) is 0.408. The summed E-state index contributed by atoms with van der Waals surface area (Å²) in [5.74, 6) is -0.648. The van der Waals surface area contributed by atoms with Crippen molar-refractivity contribution in [2.24, 2.45) is 5.92 Å². The standard InChI is InChI=1S/C21H23N3O4S/c1-14(15-6-4-8-18(10-15)24(27)28)22(2)21(26)16-11-20(25)23(13-16)17-7-5-9-19(12-17)29-3/h4-10,12,14,16H,11,13H2,1-3H3/t14-,16+/m0/s1. The number of rotatable bonds is 6. The zero-order chi connectivity index (χ0) is 21.1. The van der Waals surface area contributed by atoms with Crippen LogP contribution in [0.15, 0.2) is 53.4 Å². The van der Waals surface area contributed by atoms with Crippen molar-refractivity contribution in [3.63, 3.8) is 0 Å². The van der Waals surface area contributed by atoms with Crippen LogP contribution < -0.4 is 4.90 Å². The van der Waals surface area contributed by atoms with E-state index in [9.17, 15) is 19.7 Å². The third kappa shape index (κ3) is 4.42. The first-order valence-corrected chi connectivity index (χ1v) is 10.5. The minimum atomic E-state index is -0.450. The molecule has 0 aliphatic carbocycles. The van der Waals surface area contributed by atoms with Gasteiger partial charge in [0.05, 0.1) is 16.9 Å². The summed E-state index contributed by atoms with van der Waals surface area (Å²) in [5, 5.41) is 11.0. The average Bonchev–Trinajstić information content (AvgIpc) is 3.13. The van der Waals surface area contributed by atoms with E-state index >= 15 is 0 Å². The van der Waals surface area contributed by atoms with Crippen molar-refractivity contribution in [1.82, 2.24) is 4.90 Å². The molecular formula is C21H23N3O4S. The van der Waals surface area contributed by atoms with E-state index in [1.807, 2.05) is 37.4 Å². The first-order chi connectivity index (χ1) is 13.8. The van der Waals surface area contributed by atoms with Gasteiger partial charge in [0, 0.05) is 42.7 Å². The molecule has 0 saturated carbocycles. The van der Waals surface area contributed by atoms with Crippen LogP contribution in [0.4, 0.5) is 11.4 Å². The maximum Gasteiger partial charge on any atom is 0.269 e. The van der Waals surface area contributed by atoms with Crippen molar-refractivity contribution in [3.8, 4) is 0 Å². The number of non-ortho nitro benzene ring substituents is 1. The third-order valence-corrected chi connectivity index (χ3v) is 6.06. The second-order valence-corrected chi connectivity index (χ2v) is 7.96. The highest BCUT2D eigenvalue weighted by Gasteiger charge is 2.37. The minimum absolute atomic E-state index is 0.00825. The summed E-state index contributed by atoms with van der Waals surface area (Å²) in [6, 6.07) is 13.6. The molecule has 2 aromatic rings. The van der Waals surface area contributed by atoms with Gasteiger partial charge >= 0.3 is 0 Å². The smallest absolute Gasteiger partial charge is 0.269 e. The van der Waals surface area contributed by atoms with E-state index < -0.39 is 10.8 Å². The number of amides is 2. The molecule has 29 heavy (non-hydrogen) atoms. The molecule has 1 saturated heterocycles. The van der Waals surface area contributed by atoms with Crippen LogP contribution >= 0.6 is 11.8 Å². The van der Waals surface area contributed by atoms with Gasteiger partial charge in [0.15, 0.2) is 0 Å². The zero-order valence-electron chi connectivity index (χ0n) is 16.6. The lowest BCUT2D eigenvalue weighted by Gasteiger charge is -2.27. The lowest BCUT2D eigenvalue weighted by Crippen LogP contribution is -2.36. The van der Waals surface area contributed by atoms with E-state index in [1.165, 1.54) is 12.1 Å². The van der Waals surface area contributed by atoms with Crippen molar-refractivity contribution in [3.05, 3.63) is 64.2 Å². The summed E-state index contributed by atoms with van der Waals surface area (Å²) >= 11 is 1.60. The molecule has 2 atom stereocenters. The Morgan fingerprint density at radius 1 is 1.28 bits per heavy atom.